The highest BCUT2D eigenvalue weighted by Crippen LogP contribution is 2.43. The summed E-state index contributed by atoms with van der Waals surface area (Å²) < 4.78 is 10.3. The number of carbonyl (C=O) groups excluding carboxylic acids is 4. The van der Waals surface area contributed by atoms with Crippen molar-refractivity contribution in [2.45, 2.75) is 30.0 Å². The highest BCUT2D eigenvalue weighted by molar-refractivity contribution is 8.00. The van der Waals surface area contributed by atoms with Crippen LogP contribution in [-0.2, 0) is 33.4 Å². The van der Waals surface area contributed by atoms with E-state index >= 15 is 0 Å². The average molecular weight is 420 g/mol. The zero-order valence-electron chi connectivity index (χ0n) is 15.1. The first-order valence-corrected chi connectivity index (χ1v) is 9.72. The Morgan fingerprint density at radius 3 is 2.66 bits per heavy atom. The summed E-state index contributed by atoms with van der Waals surface area (Å²) in [5, 5.41) is 11.5. The zero-order valence-corrected chi connectivity index (χ0v) is 15.9. The first-order valence-electron chi connectivity index (χ1n) is 8.67. The second kappa shape index (κ2) is 6.85. The summed E-state index contributed by atoms with van der Waals surface area (Å²) in [4.78, 5) is 60.0. The van der Waals surface area contributed by atoms with E-state index in [-0.39, 0.29) is 23.8 Å². The van der Waals surface area contributed by atoms with Crippen molar-refractivity contribution in [3.05, 3.63) is 35.6 Å². The van der Waals surface area contributed by atoms with Crippen molar-refractivity contribution in [3.8, 4) is 0 Å². The number of aliphatic carboxylic acids is 1. The number of nitrogens with zero attached hydrogens (tertiary/aromatic N) is 1. The van der Waals surface area contributed by atoms with E-state index in [1.165, 1.54) is 43.0 Å². The van der Waals surface area contributed by atoms with Crippen LogP contribution in [0.3, 0.4) is 0 Å². The number of hydrogen-bond acceptors (Lipinski definition) is 8. The van der Waals surface area contributed by atoms with Gasteiger partial charge in [-0.15, -0.1) is 11.8 Å². The fraction of sp³-hybridized carbons (Fsp3) is 0.389. The topological polar surface area (TPSA) is 143 Å². The number of epoxide rings is 1. The Kier molecular flexibility index (Phi) is 4.58. The number of allylic oxidation sites excluding steroid dienone is 2. The predicted molar refractivity (Wildman–Crippen MR) is 97.2 cm³/mol. The first kappa shape index (κ1) is 19.4. The number of nitrogens with one attached hydrogen (secondary N) is 1. The second-order valence-corrected chi connectivity index (χ2v) is 7.96. The van der Waals surface area contributed by atoms with Gasteiger partial charge in [0.15, 0.2) is 11.9 Å². The Bertz CT molecular complexity index is 920. The summed E-state index contributed by atoms with van der Waals surface area (Å²) in [6, 6.07) is -0.892. The third-order valence-electron chi connectivity index (χ3n) is 4.93. The second-order valence-electron chi connectivity index (χ2n) is 6.85. The lowest BCUT2D eigenvalue weighted by Crippen LogP contribution is -2.71. The molecular weight excluding hydrogens is 404 g/mol. The molecule has 4 rings (SSSR count). The molecule has 29 heavy (non-hydrogen) atoms. The van der Waals surface area contributed by atoms with E-state index < -0.39 is 46.9 Å². The minimum Gasteiger partial charge on any atom is -0.477 e. The molecule has 0 unspecified atom stereocenters. The summed E-state index contributed by atoms with van der Waals surface area (Å²) in [7, 11) is 0. The number of esters is 1. The summed E-state index contributed by atoms with van der Waals surface area (Å²) >= 11 is 1.27. The quantitative estimate of drug-likeness (QED) is 0.329. The van der Waals surface area contributed by atoms with Crippen LogP contribution in [0.1, 0.15) is 6.92 Å². The van der Waals surface area contributed by atoms with Crippen molar-refractivity contribution in [1.29, 1.82) is 0 Å². The summed E-state index contributed by atoms with van der Waals surface area (Å²) in [5.74, 6) is -2.90. The molecule has 1 spiro atoms. The molecule has 0 aromatic rings. The number of carboxylic acids is 1. The Morgan fingerprint density at radius 1 is 1.34 bits per heavy atom. The molecule has 0 aromatic carbocycles. The van der Waals surface area contributed by atoms with Crippen molar-refractivity contribution in [3.63, 3.8) is 0 Å². The Hall–Kier alpha value is -2.92. The van der Waals surface area contributed by atoms with Crippen LogP contribution in [0.5, 0.6) is 0 Å². The summed E-state index contributed by atoms with van der Waals surface area (Å²) in [6.07, 6.45) is 4.77. The van der Waals surface area contributed by atoms with Gasteiger partial charge in [-0.2, -0.15) is 0 Å². The summed E-state index contributed by atoms with van der Waals surface area (Å²) in [6.45, 7) is 0.993. The van der Waals surface area contributed by atoms with Crippen LogP contribution in [0.15, 0.2) is 35.6 Å². The Morgan fingerprint density at radius 2 is 2.03 bits per heavy atom. The molecule has 2 saturated heterocycles. The van der Waals surface area contributed by atoms with Gasteiger partial charge in [-0.05, 0) is 24.3 Å². The minimum absolute atomic E-state index is 0.203. The maximum Gasteiger partial charge on any atom is 0.352 e. The van der Waals surface area contributed by atoms with Crippen LogP contribution < -0.4 is 5.32 Å². The van der Waals surface area contributed by atoms with Gasteiger partial charge in [-0.1, -0.05) is 0 Å². The van der Waals surface area contributed by atoms with Gasteiger partial charge in [0.2, 0.25) is 0 Å². The van der Waals surface area contributed by atoms with Gasteiger partial charge in [0.1, 0.15) is 29.3 Å². The number of ketones is 1. The number of thioether (sulfide) groups is 1. The molecule has 0 bridgehead atoms. The van der Waals surface area contributed by atoms with E-state index in [2.05, 4.69) is 5.32 Å². The van der Waals surface area contributed by atoms with Gasteiger partial charge >= 0.3 is 11.9 Å². The standard InChI is InChI=1S/C18H16N2O8S/c1-8(21)27-6-9-7-29-16-11(15(24)20(16)12(9)17(25)26)19-14(23)13-18(28-13)4-2-10(22)3-5-18/h2-5,11,13,16H,6-7H2,1H3,(H,19,23)(H,25,26)/t11-,13+,16-/m1/s1. The lowest BCUT2D eigenvalue weighted by Gasteiger charge is -2.49. The lowest BCUT2D eigenvalue weighted by atomic mass is 9.97. The Labute approximate surface area is 168 Å². The van der Waals surface area contributed by atoms with Gasteiger partial charge in [0.05, 0.1) is 0 Å². The first-order chi connectivity index (χ1) is 13.7. The van der Waals surface area contributed by atoms with Crippen molar-refractivity contribution < 1.29 is 38.6 Å². The normalized spacial score (nSPS) is 28.7. The van der Waals surface area contributed by atoms with E-state index in [9.17, 15) is 29.1 Å². The number of rotatable bonds is 5. The predicted octanol–water partition coefficient (Wildman–Crippen LogP) is -0.879. The SMILES string of the molecule is CC(=O)OCC1=C(C(=O)O)N2C(=O)[C@@H](NC(=O)[C@@H]3OC34C=CC(=O)C=C4)[C@H]2SC1. The van der Waals surface area contributed by atoms with Crippen molar-refractivity contribution in [2.75, 3.05) is 12.4 Å². The molecule has 0 aromatic heterocycles. The molecule has 2 fully saturated rings. The highest BCUT2D eigenvalue weighted by atomic mass is 32.2. The molecule has 0 saturated carbocycles. The number of carbonyl (C=O) groups is 5. The molecule has 3 heterocycles. The smallest absolute Gasteiger partial charge is 0.352 e. The van der Waals surface area contributed by atoms with Crippen LogP contribution in [-0.4, -0.2) is 75.0 Å². The monoisotopic (exact) mass is 420 g/mol. The van der Waals surface area contributed by atoms with Gasteiger partial charge in [-0.25, -0.2) is 4.79 Å². The Balaban J connectivity index is 1.44. The van der Waals surface area contributed by atoms with Crippen LogP contribution in [0.4, 0.5) is 0 Å². The van der Waals surface area contributed by atoms with E-state index in [0.717, 1.165) is 4.90 Å². The van der Waals surface area contributed by atoms with Crippen LogP contribution >= 0.6 is 11.8 Å². The van der Waals surface area contributed by atoms with E-state index in [1.807, 2.05) is 0 Å². The fourth-order valence-electron chi connectivity index (χ4n) is 3.43. The molecule has 11 heteroatoms. The lowest BCUT2D eigenvalue weighted by molar-refractivity contribution is -0.151. The van der Waals surface area contributed by atoms with E-state index in [4.69, 9.17) is 9.47 Å². The molecule has 1 aliphatic carbocycles. The van der Waals surface area contributed by atoms with Gasteiger partial charge in [-0.3, -0.25) is 24.1 Å². The van der Waals surface area contributed by atoms with Crippen molar-refractivity contribution in [1.82, 2.24) is 10.2 Å². The van der Waals surface area contributed by atoms with E-state index in [0.29, 0.717) is 5.57 Å². The zero-order chi connectivity index (χ0) is 20.9. The molecule has 2 N–H and O–H groups in total. The minimum atomic E-state index is -1.30. The number of hydrogen-bond donors (Lipinski definition) is 2. The maximum atomic E-state index is 12.6. The van der Waals surface area contributed by atoms with Crippen LogP contribution in [0.25, 0.3) is 0 Å². The molecule has 4 aliphatic rings. The number of carboxylic acid groups (broad SMARTS) is 1. The molecule has 2 amide bonds. The number of amides is 2. The number of fused-ring (bicyclic) bond motifs is 1. The van der Waals surface area contributed by atoms with Crippen LogP contribution in [0.2, 0.25) is 0 Å². The molecule has 3 atom stereocenters. The molecule has 152 valence electrons. The molecule has 10 nitrogen and oxygen atoms in total. The largest absolute Gasteiger partial charge is 0.477 e. The van der Waals surface area contributed by atoms with Gasteiger partial charge < -0.3 is 19.9 Å². The van der Waals surface area contributed by atoms with E-state index in [1.54, 1.807) is 0 Å². The third kappa shape index (κ3) is 3.25. The number of ether oxygens (including phenoxy) is 2. The maximum absolute atomic E-state index is 12.6. The van der Waals surface area contributed by atoms with Crippen LogP contribution in [0, 0.1) is 0 Å². The highest BCUT2D eigenvalue weighted by Gasteiger charge is 2.61. The average Bonchev–Trinajstić information content (AvgIpc) is 3.39. The third-order valence-corrected chi connectivity index (χ3v) is 6.27. The van der Waals surface area contributed by atoms with Gasteiger partial charge in [0.25, 0.3) is 11.8 Å². The molecular formula is C18H16N2O8S. The summed E-state index contributed by atoms with van der Waals surface area (Å²) in [5.41, 5.74) is -0.868. The van der Waals surface area contributed by atoms with Gasteiger partial charge in [0, 0.05) is 18.2 Å². The number of β-lactam (4-membered cyclic amide) rings is 1. The fourth-order valence-corrected chi connectivity index (χ4v) is 4.76. The molecule has 0 radical (unpaired) electrons. The van der Waals surface area contributed by atoms with Crippen molar-refractivity contribution in [2.24, 2.45) is 0 Å². The van der Waals surface area contributed by atoms with Crippen molar-refractivity contribution >= 4 is 41.3 Å². The molecule has 3 aliphatic heterocycles.